The summed E-state index contributed by atoms with van der Waals surface area (Å²) in [5.41, 5.74) is 0.595. The highest BCUT2D eigenvalue weighted by atomic mass is 32.2. The standard InChI is InChI=1S/C15H19NO3S2/c1-12-13(2)20-10-8-16(12)21(18,19)15-7-3-5-14(11-15)6-4-9-17/h3,5,7,11-13,17H,8-10H2,1-2H3. The van der Waals surface area contributed by atoms with Crippen LogP contribution in [0.15, 0.2) is 29.2 Å². The molecule has 0 bridgehead atoms. The first kappa shape index (κ1) is 16.4. The van der Waals surface area contributed by atoms with Gasteiger partial charge in [0.2, 0.25) is 10.0 Å². The summed E-state index contributed by atoms with van der Waals surface area (Å²) in [5, 5.41) is 9.01. The molecule has 1 aliphatic rings. The number of thioether (sulfide) groups is 1. The van der Waals surface area contributed by atoms with Gasteiger partial charge in [-0.25, -0.2) is 8.42 Å². The Hall–Kier alpha value is -1.00. The lowest BCUT2D eigenvalue weighted by Gasteiger charge is -2.36. The number of aliphatic hydroxyl groups is 1. The molecule has 0 radical (unpaired) electrons. The molecule has 21 heavy (non-hydrogen) atoms. The number of aliphatic hydroxyl groups excluding tert-OH is 1. The van der Waals surface area contributed by atoms with Gasteiger partial charge in [0.25, 0.3) is 0 Å². The van der Waals surface area contributed by atoms with E-state index in [1.165, 1.54) is 0 Å². The van der Waals surface area contributed by atoms with Crippen LogP contribution in [0.1, 0.15) is 19.4 Å². The number of nitrogens with zero attached hydrogens (tertiary/aromatic N) is 1. The third-order valence-corrected chi connectivity index (χ3v) is 6.90. The van der Waals surface area contributed by atoms with Crippen molar-refractivity contribution in [3.63, 3.8) is 0 Å². The predicted molar refractivity (Wildman–Crippen MR) is 85.7 cm³/mol. The number of benzene rings is 1. The molecule has 1 N–H and O–H groups in total. The van der Waals surface area contributed by atoms with Crippen molar-refractivity contribution in [1.29, 1.82) is 0 Å². The zero-order chi connectivity index (χ0) is 15.5. The summed E-state index contributed by atoms with van der Waals surface area (Å²) in [6.45, 7) is 4.30. The monoisotopic (exact) mass is 325 g/mol. The van der Waals surface area contributed by atoms with Gasteiger partial charge in [-0.05, 0) is 25.1 Å². The smallest absolute Gasteiger partial charge is 0.243 e. The lowest BCUT2D eigenvalue weighted by atomic mass is 10.2. The lowest BCUT2D eigenvalue weighted by molar-refractivity contribution is 0.340. The fourth-order valence-corrected chi connectivity index (χ4v) is 5.30. The average molecular weight is 325 g/mol. The third-order valence-electron chi connectivity index (χ3n) is 3.58. The first-order valence-corrected chi connectivity index (χ1v) is 9.29. The van der Waals surface area contributed by atoms with Crippen molar-refractivity contribution in [1.82, 2.24) is 4.31 Å². The summed E-state index contributed by atoms with van der Waals surface area (Å²) >= 11 is 1.80. The second-order valence-corrected chi connectivity index (χ2v) is 8.30. The minimum absolute atomic E-state index is 0.0269. The highest BCUT2D eigenvalue weighted by Gasteiger charge is 2.34. The van der Waals surface area contributed by atoms with Crippen molar-refractivity contribution in [3.8, 4) is 11.8 Å². The van der Waals surface area contributed by atoms with Crippen molar-refractivity contribution >= 4 is 21.8 Å². The Bertz CT molecular complexity index is 661. The van der Waals surface area contributed by atoms with Gasteiger partial charge in [-0.3, -0.25) is 0 Å². The normalized spacial score (nSPS) is 23.4. The molecule has 0 saturated carbocycles. The third kappa shape index (κ3) is 3.61. The molecule has 1 aromatic rings. The minimum Gasteiger partial charge on any atom is -0.384 e. The zero-order valence-corrected chi connectivity index (χ0v) is 13.7. The predicted octanol–water partition coefficient (Wildman–Crippen LogP) is 1.54. The molecular weight excluding hydrogens is 306 g/mol. The first-order chi connectivity index (χ1) is 9.96. The van der Waals surface area contributed by atoms with Gasteiger partial charge in [-0.1, -0.05) is 24.8 Å². The summed E-state index contributed by atoms with van der Waals surface area (Å²) in [4.78, 5) is 0.262. The number of hydrogen-bond donors (Lipinski definition) is 1. The molecule has 4 nitrogen and oxygen atoms in total. The fourth-order valence-electron chi connectivity index (χ4n) is 2.26. The van der Waals surface area contributed by atoms with E-state index in [4.69, 9.17) is 5.11 Å². The van der Waals surface area contributed by atoms with Gasteiger partial charge in [0, 0.05) is 29.2 Å². The van der Waals surface area contributed by atoms with E-state index in [2.05, 4.69) is 18.8 Å². The van der Waals surface area contributed by atoms with Gasteiger partial charge >= 0.3 is 0 Å². The van der Waals surface area contributed by atoms with Crippen LogP contribution in [0, 0.1) is 11.8 Å². The topological polar surface area (TPSA) is 57.6 Å². The van der Waals surface area contributed by atoms with Crippen LogP contribution < -0.4 is 0 Å². The van der Waals surface area contributed by atoms with Gasteiger partial charge in [0.15, 0.2) is 0 Å². The maximum atomic E-state index is 12.8. The van der Waals surface area contributed by atoms with Crippen molar-refractivity contribution in [2.45, 2.75) is 30.0 Å². The largest absolute Gasteiger partial charge is 0.384 e. The number of hydrogen-bond acceptors (Lipinski definition) is 4. The highest BCUT2D eigenvalue weighted by molar-refractivity contribution is 8.00. The molecule has 2 atom stereocenters. The summed E-state index contributed by atoms with van der Waals surface area (Å²) in [6, 6.07) is 6.55. The highest BCUT2D eigenvalue weighted by Crippen LogP contribution is 2.29. The van der Waals surface area contributed by atoms with Crippen LogP contribution in [0.5, 0.6) is 0 Å². The molecule has 0 aliphatic carbocycles. The van der Waals surface area contributed by atoms with Crippen molar-refractivity contribution < 1.29 is 13.5 Å². The number of rotatable bonds is 2. The Balaban J connectivity index is 2.35. The Labute approximate surface area is 130 Å². The van der Waals surface area contributed by atoms with Crippen molar-refractivity contribution in [2.75, 3.05) is 18.9 Å². The van der Waals surface area contributed by atoms with Crippen LogP contribution in [0.3, 0.4) is 0 Å². The summed E-state index contributed by atoms with van der Waals surface area (Å²) in [7, 11) is -3.50. The van der Waals surface area contributed by atoms with E-state index < -0.39 is 10.0 Å². The van der Waals surface area contributed by atoms with Gasteiger partial charge in [-0.2, -0.15) is 16.1 Å². The summed E-state index contributed by atoms with van der Waals surface area (Å²) < 4.78 is 27.2. The van der Waals surface area contributed by atoms with Gasteiger partial charge in [0.05, 0.1) is 4.90 Å². The second kappa shape index (κ2) is 6.84. The maximum absolute atomic E-state index is 12.8. The Morgan fingerprint density at radius 1 is 1.43 bits per heavy atom. The summed E-state index contributed by atoms with van der Waals surface area (Å²) in [6.07, 6.45) is 0. The van der Waals surface area contributed by atoms with Crippen molar-refractivity contribution in [3.05, 3.63) is 29.8 Å². The van der Waals surface area contributed by atoms with Crippen LogP contribution in [0.2, 0.25) is 0 Å². The molecule has 2 rings (SSSR count). The van der Waals surface area contributed by atoms with Crippen LogP contribution >= 0.6 is 11.8 Å². The first-order valence-electron chi connectivity index (χ1n) is 6.80. The quantitative estimate of drug-likeness (QED) is 0.838. The molecule has 0 aromatic heterocycles. The molecule has 6 heteroatoms. The molecule has 2 unspecified atom stereocenters. The molecule has 1 aromatic carbocycles. The van der Waals surface area contributed by atoms with E-state index in [-0.39, 0.29) is 22.8 Å². The maximum Gasteiger partial charge on any atom is 0.243 e. The van der Waals surface area contributed by atoms with Crippen LogP contribution in [0.25, 0.3) is 0 Å². The van der Waals surface area contributed by atoms with Gasteiger partial charge < -0.3 is 5.11 Å². The molecule has 1 fully saturated rings. The summed E-state index contributed by atoms with van der Waals surface area (Å²) in [5.74, 6) is 6.09. The van der Waals surface area contributed by atoms with Crippen molar-refractivity contribution in [2.24, 2.45) is 0 Å². The van der Waals surface area contributed by atoms with E-state index in [9.17, 15) is 8.42 Å². The van der Waals surface area contributed by atoms with E-state index >= 15 is 0 Å². The Morgan fingerprint density at radius 3 is 2.90 bits per heavy atom. The fraction of sp³-hybridized carbons (Fsp3) is 0.467. The zero-order valence-electron chi connectivity index (χ0n) is 12.1. The molecule has 0 amide bonds. The molecule has 1 heterocycles. The average Bonchev–Trinajstić information content (AvgIpc) is 2.48. The Morgan fingerprint density at radius 2 is 2.19 bits per heavy atom. The molecular formula is C15H19NO3S2. The van der Waals surface area contributed by atoms with E-state index in [0.29, 0.717) is 12.1 Å². The second-order valence-electron chi connectivity index (χ2n) is 4.92. The van der Waals surface area contributed by atoms with E-state index in [1.807, 2.05) is 6.92 Å². The minimum atomic E-state index is -3.50. The molecule has 1 aliphatic heterocycles. The van der Waals surface area contributed by atoms with E-state index in [0.717, 1.165) is 5.75 Å². The van der Waals surface area contributed by atoms with E-state index in [1.54, 1.807) is 40.3 Å². The molecule has 0 spiro atoms. The van der Waals surface area contributed by atoms with Crippen LogP contribution in [-0.4, -0.2) is 48.0 Å². The Kier molecular flexibility index (Phi) is 5.33. The SMILES string of the molecule is CC1SCCN(S(=O)(=O)c2cccc(C#CCO)c2)C1C. The van der Waals surface area contributed by atoms with Gasteiger partial charge in [-0.15, -0.1) is 0 Å². The van der Waals surface area contributed by atoms with Crippen LogP contribution in [-0.2, 0) is 10.0 Å². The molecule has 114 valence electrons. The lowest BCUT2D eigenvalue weighted by Crippen LogP contribution is -2.47. The van der Waals surface area contributed by atoms with Crippen LogP contribution in [0.4, 0.5) is 0 Å². The molecule has 1 saturated heterocycles. The van der Waals surface area contributed by atoms with Gasteiger partial charge in [0.1, 0.15) is 6.61 Å². The number of sulfonamides is 1.